The highest BCUT2D eigenvalue weighted by Gasteiger charge is 2.19. The van der Waals surface area contributed by atoms with E-state index in [1.165, 1.54) is 77.0 Å². The second-order valence-electron chi connectivity index (χ2n) is 18.5. The Morgan fingerprint density at radius 1 is 0.304 bits per heavy atom. The van der Waals surface area contributed by atoms with E-state index in [-0.39, 0.29) is 31.1 Å². The SMILES string of the molecule is CC/C=C\C/C=C\C/C=C\C/C=C\C/C=C\C/C=C\C/C=C\C/C=C\C/C=C\CCCCCCCC(=O)OCC(COC(=O)CCCCCCCCC)OC(=O)CCCCCCCCCCCCC. The number of carbonyl (C=O) groups excluding carboxylic acids is 3. The number of ether oxygens (including phenoxy) is 3. The van der Waals surface area contributed by atoms with Crippen LogP contribution in [0.3, 0.4) is 0 Å². The molecular weight excluding hydrogens is 853 g/mol. The molecule has 0 aromatic rings. The Bertz CT molecular complexity index is 1420. The van der Waals surface area contributed by atoms with E-state index in [9.17, 15) is 14.4 Å². The van der Waals surface area contributed by atoms with Crippen molar-refractivity contribution in [2.45, 2.75) is 258 Å². The molecule has 0 fully saturated rings. The fourth-order valence-corrected chi connectivity index (χ4v) is 7.55. The molecule has 0 bridgehead atoms. The first kappa shape index (κ1) is 65.1. The quantitative estimate of drug-likeness (QED) is 0.0262. The lowest BCUT2D eigenvalue weighted by molar-refractivity contribution is -0.167. The van der Waals surface area contributed by atoms with Crippen molar-refractivity contribution < 1.29 is 28.6 Å². The summed E-state index contributed by atoms with van der Waals surface area (Å²) in [5.74, 6) is -0.911. The lowest BCUT2D eigenvalue weighted by Crippen LogP contribution is -2.30. The summed E-state index contributed by atoms with van der Waals surface area (Å²) in [4.78, 5) is 37.8. The van der Waals surface area contributed by atoms with Gasteiger partial charge in [-0.05, 0) is 89.9 Å². The molecule has 392 valence electrons. The molecule has 1 atom stereocenters. The van der Waals surface area contributed by atoms with Gasteiger partial charge in [0.15, 0.2) is 6.10 Å². The van der Waals surface area contributed by atoms with Crippen LogP contribution in [0.1, 0.15) is 252 Å². The van der Waals surface area contributed by atoms with Gasteiger partial charge in [0.05, 0.1) is 0 Å². The summed E-state index contributed by atoms with van der Waals surface area (Å²) >= 11 is 0. The third kappa shape index (κ3) is 54.9. The van der Waals surface area contributed by atoms with Gasteiger partial charge in [0, 0.05) is 19.3 Å². The Labute approximate surface area is 425 Å². The fraction of sp³-hybridized carbons (Fsp3) is 0.667. The summed E-state index contributed by atoms with van der Waals surface area (Å²) in [5.41, 5.74) is 0. The first-order valence-corrected chi connectivity index (χ1v) is 28.4. The van der Waals surface area contributed by atoms with Crippen LogP contribution in [0.2, 0.25) is 0 Å². The zero-order valence-corrected chi connectivity index (χ0v) is 44.8. The molecule has 0 saturated carbocycles. The summed E-state index contributed by atoms with van der Waals surface area (Å²) in [6.07, 6.45) is 76.8. The number of hydrogen-bond acceptors (Lipinski definition) is 6. The first-order valence-electron chi connectivity index (χ1n) is 28.4. The number of unbranched alkanes of at least 4 members (excludes halogenated alkanes) is 21. The maximum absolute atomic E-state index is 12.7. The van der Waals surface area contributed by atoms with Gasteiger partial charge in [-0.1, -0.05) is 252 Å². The number of esters is 3. The first-order chi connectivity index (χ1) is 34.0. The Balaban J connectivity index is 4.15. The highest BCUT2D eigenvalue weighted by atomic mass is 16.6. The van der Waals surface area contributed by atoms with E-state index in [2.05, 4.69) is 130 Å². The zero-order valence-electron chi connectivity index (χ0n) is 44.8. The van der Waals surface area contributed by atoms with E-state index >= 15 is 0 Å². The summed E-state index contributed by atoms with van der Waals surface area (Å²) < 4.78 is 16.7. The van der Waals surface area contributed by atoms with Gasteiger partial charge in [0.2, 0.25) is 0 Å². The molecule has 0 aliphatic rings. The number of carbonyl (C=O) groups is 3. The van der Waals surface area contributed by atoms with Crippen LogP contribution in [0, 0.1) is 0 Å². The van der Waals surface area contributed by atoms with Crippen LogP contribution in [0.5, 0.6) is 0 Å². The van der Waals surface area contributed by atoms with Crippen LogP contribution in [0.15, 0.2) is 109 Å². The van der Waals surface area contributed by atoms with Crippen molar-refractivity contribution in [2.75, 3.05) is 13.2 Å². The smallest absolute Gasteiger partial charge is 0.306 e. The molecular formula is C63H104O6. The van der Waals surface area contributed by atoms with Gasteiger partial charge < -0.3 is 14.2 Å². The predicted molar refractivity (Wildman–Crippen MR) is 297 cm³/mol. The molecule has 0 amide bonds. The molecule has 0 aliphatic carbocycles. The van der Waals surface area contributed by atoms with Gasteiger partial charge in [-0.15, -0.1) is 0 Å². The van der Waals surface area contributed by atoms with Crippen LogP contribution in [-0.4, -0.2) is 37.2 Å². The summed E-state index contributed by atoms with van der Waals surface area (Å²) in [5, 5.41) is 0. The van der Waals surface area contributed by atoms with Crippen LogP contribution < -0.4 is 0 Å². The van der Waals surface area contributed by atoms with E-state index < -0.39 is 6.10 Å². The normalized spacial score (nSPS) is 12.9. The molecule has 6 heteroatoms. The second kappa shape index (κ2) is 56.7. The minimum atomic E-state index is -0.780. The number of hydrogen-bond donors (Lipinski definition) is 0. The Morgan fingerprint density at radius 3 is 0.884 bits per heavy atom. The molecule has 0 aromatic carbocycles. The van der Waals surface area contributed by atoms with Gasteiger partial charge in [0.25, 0.3) is 0 Å². The standard InChI is InChI=1S/C63H104O6/c1-4-7-10-13-16-18-20-21-22-23-24-25-26-27-28-29-30-31-32-33-34-35-36-37-38-39-40-41-43-44-47-50-53-56-62(65)68-59-60(58-67-61(64)55-52-49-46-15-12-9-6-3)69-63(66)57-54-51-48-45-42-19-17-14-11-8-5-2/h7,10,16,18,21-22,24-25,27-28,30-31,33-34,36-37,39-40,60H,4-6,8-9,11-15,17,19-20,23,26,29,32,35,38,41-59H2,1-3H3/b10-7-,18-16-,22-21-,25-24-,28-27-,31-30-,34-33-,37-36-,40-39-. The topological polar surface area (TPSA) is 78.9 Å². The molecule has 0 radical (unpaired) electrons. The van der Waals surface area contributed by atoms with E-state index in [0.29, 0.717) is 19.3 Å². The maximum Gasteiger partial charge on any atom is 0.306 e. The molecule has 1 unspecified atom stereocenters. The minimum absolute atomic E-state index is 0.0823. The highest BCUT2D eigenvalue weighted by molar-refractivity contribution is 5.71. The maximum atomic E-state index is 12.7. The van der Waals surface area contributed by atoms with E-state index in [1.54, 1.807) is 0 Å². The van der Waals surface area contributed by atoms with Gasteiger partial charge in [-0.2, -0.15) is 0 Å². The predicted octanol–water partition coefficient (Wildman–Crippen LogP) is 19.1. The molecule has 0 saturated heterocycles. The number of allylic oxidation sites excluding steroid dienone is 18. The fourth-order valence-electron chi connectivity index (χ4n) is 7.55. The van der Waals surface area contributed by atoms with E-state index in [1.807, 2.05) is 0 Å². The molecule has 6 nitrogen and oxygen atoms in total. The van der Waals surface area contributed by atoms with Crippen molar-refractivity contribution in [2.24, 2.45) is 0 Å². The van der Waals surface area contributed by atoms with Gasteiger partial charge in [0.1, 0.15) is 13.2 Å². The van der Waals surface area contributed by atoms with Crippen LogP contribution in [-0.2, 0) is 28.6 Å². The monoisotopic (exact) mass is 957 g/mol. The van der Waals surface area contributed by atoms with Crippen LogP contribution >= 0.6 is 0 Å². The van der Waals surface area contributed by atoms with Crippen molar-refractivity contribution in [1.29, 1.82) is 0 Å². The van der Waals surface area contributed by atoms with Crippen molar-refractivity contribution >= 4 is 17.9 Å². The van der Waals surface area contributed by atoms with E-state index in [0.717, 1.165) is 135 Å². The molecule has 0 heterocycles. The average Bonchev–Trinajstić information content (AvgIpc) is 3.35. The van der Waals surface area contributed by atoms with Crippen molar-refractivity contribution in [3.8, 4) is 0 Å². The Morgan fingerprint density at radius 2 is 0.565 bits per heavy atom. The van der Waals surface area contributed by atoms with Crippen molar-refractivity contribution in [3.63, 3.8) is 0 Å². The zero-order chi connectivity index (χ0) is 50.0. The van der Waals surface area contributed by atoms with Crippen molar-refractivity contribution in [1.82, 2.24) is 0 Å². The largest absolute Gasteiger partial charge is 0.462 e. The molecule has 0 spiro atoms. The van der Waals surface area contributed by atoms with Gasteiger partial charge in [-0.3, -0.25) is 14.4 Å². The summed E-state index contributed by atoms with van der Waals surface area (Å²) in [7, 11) is 0. The van der Waals surface area contributed by atoms with Crippen LogP contribution in [0.25, 0.3) is 0 Å². The average molecular weight is 958 g/mol. The second-order valence-corrected chi connectivity index (χ2v) is 18.5. The summed E-state index contributed by atoms with van der Waals surface area (Å²) in [6, 6.07) is 0. The van der Waals surface area contributed by atoms with Gasteiger partial charge >= 0.3 is 17.9 Å². The molecule has 0 rings (SSSR count). The highest BCUT2D eigenvalue weighted by Crippen LogP contribution is 2.14. The third-order valence-corrected chi connectivity index (χ3v) is 11.8. The third-order valence-electron chi connectivity index (χ3n) is 11.8. The summed E-state index contributed by atoms with van der Waals surface area (Å²) in [6.45, 7) is 6.45. The van der Waals surface area contributed by atoms with E-state index in [4.69, 9.17) is 14.2 Å². The Hall–Kier alpha value is -3.93. The molecule has 0 aliphatic heterocycles. The van der Waals surface area contributed by atoms with Crippen LogP contribution in [0.4, 0.5) is 0 Å². The Kier molecular flexibility index (Phi) is 53.4. The lowest BCUT2D eigenvalue weighted by Gasteiger charge is -2.18. The minimum Gasteiger partial charge on any atom is -0.462 e. The van der Waals surface area contributed by atoms with Crippen molar-refractivity contribution in [3.05, 3.63) is 109 Å². The number of rotatable bonds is 50. The lowest BCUT2D eigenvalue weighted by atomic mass is 10.1. The molecule has 0 N–H and O–H groups in total. The van der Waals surface area contributed by atoms with Gasteiger partial charge in [-0.25, -0.2) is 0 Å². The molecule has 0 aromatic heterocycles. The molecule has 69 heavy (non-hydrogen) atoms.